The van der Waals surface area contributed by atoms with Crippen LogP contribution in [0, 0.1) is 6.92 Å². The minimum atomic E-state index is -0.241. The van der Waals surface area contributed by atoms with Crippen molar-refractivity contribution in [2.75, 3.05) is 13.2 Å². The Balaban J connectivity index is 2.22. The standard InChI is InChI=1S/C18H30N2O2/c1-4-18(5-2,14-19)20-17(21)11-6-7-12-22-16-10-8-9-15(3)13-16/h8-10,13H,4-7,11-12,14,19H2,1-3H3,(H,20,21). The van der Waals surface area contributed by atoms with Gasteiger partial charge in [0.2, 0.25) is 5.91 Å². The molecule has 0 bridgehead atoms. The van der Waals surface area contributed by atoms with E-state index in [-0.39, 0.29) is 11.4 Å². The zero-order valence-corrected chi connectivity index (χ0v) is 14.2. The fourth-order valence-corrected chi connectivity index (χ4v) is 2.41. The third-order valence-electron chi connectivity index (χ3n) is 4.21. The Morgan fingerprint density at radius 2 is 2.00 bits per heavy atom. The molecule has 0 fully saturated rings. The molecule has 0 heterocycles. The monoisotopic (exact) mass is 306 g/mol. The molecular formula is C18H30N2O2. The predicted molar refractivity (Wildman–Crippen MR) is 91.0 cm³/mol. The molecule has 124 valence electrons. The van der Waals surface area contributed by atoms with Crippen molar-refractivity contribution in [3.05, 3.63) is 29.8 Å². The Kier molecular flexibility index (Phi) is 7.96. The van der Waals surface area contributed by atoms with Crippen LogP contribution >= 0.6 is 0 Å². The van der Waals surface area contributed by atoms with Gasteiger partial charge in [-0.2, -0.15) is 0 Å². The number of benzene rings is 1. The summed E-state index contributed by atoms with van der Waals surface area (Å²) in [5, 5.41) is 3.09. The van der Waals surface area contributed by atoms with Gasteiger partial charge in [0.25, 0.3) is 0 Å². The third kappa shape index (κ3) is 6.06. The van der Waals surface area contributed by atoms with Gasteiger partial charge in [0, 0.05) is 13.0 Å². The van der Waals surface area contributed by atoms with E-state index in [0.717, 1.165) is 31.4 Å². The molecule has 0 saturated carbocycles. The normalized spacial score (nSPS) is 11.3. The van der Waals surface area contributed by atoms with Gasteiger partial charge in [-0.25, -0.2) is 0 Å². The van der Waals surface area contributed by atoms with Crippen molar-refractivity contribution >= 4 is 5.91 Å². The summed E-state index contributed by atoms with van der Waals surface area (Å²) in [5.74, 6) is 0.980. The summed E-state index contributed by atoms with van der Waals surface area (Å²) in [5.41, 5.74) is 6.74. The molecule has 0 aliphatic carbocycles. The first-order chi connectivity index (χ1) is 10.5. The second-order valence-corrected chi connectivity index (χ2v) is 5.86. The fourth-order valence-electron chi connectivity index (χ4n) is 2.41. The summed E-state index contributed by atoms with van der Waals surface area (Å²) in [4.78, 5) is 12.0. The van der Waals surface area contributed by atoms with E-state index in [0.29, 0.717) is 19.6 Å². The third-order valence-corrected chi connectivity index (χ3v) is 4.21. The molecule has 0 saturated heterocycles. The Labute approximate surface area is 134 Å². The number of hydrogen-bond donors (Lipinski definition) is 2. The molecule has 0 spiro atoms. The van der Waals surface area contributed by atoms with Crippen molar-refractivity contribution in [1.29, 1.82) is 0 Å². The molecular weight excluding hydrogens is 276 g/mol. The molecule has 0 unspecified atom stereocenters. The molecule has 0 radical (unpaired) electrons. The Hall–Kier alpha value is -1.55. The van der Waals surface area contributed by atoms with Crippen LogP contribution in [0.5, 0.6) is 5.75 Å². The number of nitrogens with one attached hydrogen (secondary N) is 1. The molecule has 0 aliphatic rings. The van der Waals surface area contributed by atoms with Crippen LogP contribution in [0.1, 0.15) is 51.5 Å². The molecule has 1 amide bonds. The van der Waals surface area contributed by atoms with Crippen molar-refractivity contribution < 1.29 is 9.53 Å². The van der Waals surface area contributed by atoms with Crippen LogP contribution in [0.4, 0.5) is 0 Å². The summed E-state index contributed by atoms with van der Waals surface area (Å²) in [6.45, 7) is 7.30. The lowest BCUT2D eigenvalue weighted by Gasteiger charge is -2.31. The first-order valence-corrected chi connectivity index (χ1v) is 8.25. The minimum Gasteiger partial charge on any atom is -0.494 e. The predicted octanol–water partition coefficient (Wildman–Crippen LogP) is 3.18. The molecule has 1 aromatic rings. The average Bonchev–Trinajstić information content (AvgIpc) is 2.52. The first kappa shape index (κ1) is 18.5. The van der Waals surface area contributed by atoms with Crippen LogP contribution in [0.15, 0.2) is 24.3 Å². The van der Waals surface area contributed by atoms with E-state index in [1.807, 2.05) is 31.2 Å². The van der Waals surface area contributed by atoms with E-state index in [4.69, 9.17) is 10.5 Å². The lowest BCUT2D eigenvalue weighted by molar-refractivity contribution is -0.123. The van der Waals surface area contributed by atoms with Crippen molar-refractivity contribution in [3.8, 4) is 5.75 Å². The summed E-state index contributed by atoms with van der Waals surface area (Å²) in [7, 11) is 0. The second kappa shape index (κ2) is 9.46. The molecule has 3 N–H and O–H groups in total. The molecule has 1 aromatic carbocycles. The van der Waals surface area contributed by atoms with E-state index < -0.39 is 0 Å². The molecule has 4 nitrogen and oxygen atoms in total. The van der Waals surface area contributed by atoms with Gasteiger partial charge in [0.05, 0.1) is 12.1 Å². The van der Waals surface area contributed by atoms with E-state index in [9.17, 15) is 4.79 Å². The van der Waals surface area contributed by atoms with Crippen molar-refractivity contribution in [2.45, 2.75) is 58.4 Å². The number of hydrogen-bond acceptors (Lipinski definition) is 3. The zero-order valence-electron chi connectivity index (χ0n) is 14.2. The van der Waals surface area contributed by atoms with E-state index in [2.05, 4.69) is 19.2 Å². The van der Waals surface area contributed by atoms with Crippen LogP contribution in [0.2, 0.25) is 0 Å². The SMILES string of the molecule is CCC(CC)(CN)NC(=O)CCCCOc1cccc(C)c1. The quantitative estimate of drug-likeness (QED) is 0.653. The van der Waals surface area contributed by atoms with Gasteiger partial charge >= 0.3 is 0 Å². The summed E-state index contributed by atoms with van der Waals surface area (Å²) < 4.78 is 5.68. The zero-order chi connectivity index (χ0) is 16.4. The van der Waals surface area contributed by atoms with Gasteiger partial charge in [-0.1, -0.05) is 26.0 Å². The number of carbonyl (C=O) groups is 1. The molecule has 0 aliphatic heterocycles. The summed E-state index contributed by atoms with van der Waals surface area (Å²) in [6, 6.07) is 8.00. The lowest BCUT2D eigenvalue weighted by atomic mass is 9.92. The number of unbranched alkanes of at least 4 members (excludes halogenated alkanes) is 1. The molecule has 4 heteroatoms. The average molecular weight is 306 g/mol. The Bertz CT molecular complexity index is 448. The fraction of sp³-hybridized carbons (Fsp3) is 0.611. The maximum absolute atomic E-state index is 12.0. The molecule has 1 rings (SSSR count). The van der Waals surface area contributed by atoms with E-state index in [1.165, 1.54) is 5.56 Å². The largest absolute Gasteiger partial charge is 0.494 e. The van der Waals surface area contributed by atoms with Crippen LogP contribution in [0.25, 0.3) is 0 Å². The van der Waals surface area contributed by atoms with Crippen LogP contribution in [-0.2, 0) is 4.79 Å². The summed E-state index contributed by atoms with van der Waals surface area (Å²) >= 11 is 0. The van der Waals surface area contributed by atoms with Crippen LogP contribution in [-0.4, -0.2) is 24.6 Å². The van der Waals surface area contributed by atoms with Gasteiger partial charge in [-0.05, 0) is 50.3 Å². The highest BCUT2D eigenvalue weighted by Crippen LogP contribution is 2.15. The second-order valence-electron chi connectivity index (χ2n) is 5.86. The van der Waals surface area contributed by atoms with Gasteiger partial charge in [-0.3, -0.25) is 4.79 Å². The lowest BCUT2D eigenvalue weighted by Crippen LogP contribution is -2.52. The van der Waals surface area contributed by atoms with Crippen molar-refractivity contribution in [1.82, 2.24) is 5.32 Å². The number of amides is 1. The topological polar surface area (TPSA) is 64.3 Å². The molecule has 0 atom stereocenters. The summed E-state index contributed by atoms with van der Waals surface area (Å²) in [6.07, 6.45) is 3.95. The van der Waals surface area contributed by atoms with Crippen LogP contribution in [0.3, 0.4) is 0 Å². The van der Waals surface area contributed by atoms with Gasteiger partial charge in [0.1, 0.15) is 5.75 Å². The molecule has 22 heavy (non-hydrogen) atoms. The highest BCUT2D eigenvalue weighted by Gasteiger charge is 2.25. The smallest absolute Gasteiger partial charge is 0.220 e. The van der Waals surface area contributed by atoms with E-state index >= 15 is 0 Å². The number of nitrogens with two attached hydrogens (primary N) is 1. The Morgan fingerprint density at radius 1 is 1.27 bits per heavy atom. The van der Waals surface area contributed by atoms with Crippen molar-refractivity contribution in [2.24, 2.45) is 5.73 Å². The number of aryl methyl sites for hydroxylation is 1. The van der Waals surface area contributed by atoms with Gasteiger partial charge in [0.15, 0.2) is 0 Å². The highest BCUT2D eigenvalue weighted by molar-refractivity contribution is 5.76. The highest BCUT2D eigenvalue weighted by atomic mass is 16.5. The van der Waals surface area contributed by atoms with E-state index in [1.54, 1.807) is 0 Å². The number of ether oxygens (including phenoxy) is 1. The minimum absolute atomic E-state index is 0.0877. The number of rotatable bonds is 10. The number of carbonyl (C=O) groups excluding carboxylic acids is 1. The first-order valence-electron chi connectivity index (χ1n) is 8.25. The Morgan fingerprint density at radius 3 is 2.59 bits per heavy atom. The van der Waals surface area contributed by atoms with Gasteiger partial charge < -0.3 is 15.8 Å². The van der Waals surface area contributed by atoms with Crippen LogP contribution < -0.4 is 15.8 Å². The molecule has 0 aromatic heterocycles. The van der Waals surface area contributed by atoms with Gasteiger partial charge in [-0.15, -0.1) is 0 Å². The van der Waals surface area contributed by atoms with Crippen molar-refractivity contribution in [3.63, 3.8) is 0 Å². The maximum atomic E-state index is 12.0. The maximum Gasteiger partial charge on any atom is 0.220 e.